The Hall–Kier alpha value is -0.370. The third kappa shape index (κ3) is 4.78. The zero-order chi connectivity index (χ0) is 12.0. The maximum Gasteiger partial charge on any atom is 0.141 e. The van der Waals surface area contributed by atoms with E-state index >= 15 is 0 Å². The molecule has 1 N–H and O–H groups in total. The third-order valence-corrected chi connectivity index (χ3v) is 3.13. The van der Waals surface area contributed by atoms with Crippen molar-refractivity contribution < 1.29 is 9.90 Å². The second-order valence-corrected chi connectivity index (χ2v) is 4.90. The Kier molecular flexibility index (Phi) is 6.82. The molecule has 2 heteroatoms. The van der Waals surface area contributed by atoms with Gasteiger partial charge < -0.3 is 5.11 Å². The zero-order valence-electron chi connectivity index (χ0n) is 10.8. The first-order valence-corrected chi connectivity index (χ1v) is 6.15. The Balaban J connectivity index is 4.29. The summed E-state index contributed by atoms with van der Waals surface area (Å²) in [6.07, 6.45) is 2.01. The molecular weight excluding hydrogens is 188 g/mol. The Morgan fingerprint density at radius 1 is 1.13 bits per heavy atom. The normalized spacial score (nSPS) is 15.7. The van der Waals surface area contributed by atoms with E-state index in [0.29, 0.717) is 12.3 Å². The van der Waals surface area contributed by atoms with Gasteiger partial charge in [0.05, 0.1) is 6.10 Å². The van der Waals surface area contributed by atoms with Crippen molar-refractivity contribution in [1.29, 1.82) is 0 Å². The molecule has 2 unspecified atom stereocenters. The summed E-state index contributed by atoms with van der Waals surface area (Å²) in [6.45, 7) is 10.1. The Morgan fingerprint density at radius 3 is 1.93 bits per heavy atom. The van der Waals surface area contributed by atoms with Crippen LogP contribution in [0.2, 0.25) is 0 Å². The number of carbonyl (C=O) groups excluding carboxylic acids is 1. The van der Waals surface area contributed by atoms with E-state index in [-0.39, 0.29) is 17.6 Å². The predicted octanol–water partition coefficient (Wildman–Crippen LogP) is 3.03. The van der Waals surface area contributed by atoms with Crippen LogP contribution >= 0.6 is 0 Å². The van der Waals surface area contributed by atoms with Crippen LogP contribution in [-0.2, 0) is 4.79 Å². The second kappa shape index (κ2) is 7.00. The highest BCUT2D eigenvalue weighted by Gasteiger charge is 2.26. The summed E-state index contributed by atoms with van der Waals surface area (Å²) in [5.41, 5.74) is 0. The molecule has 0 radical (unpaired) electrons. The van der Waals surface area contributed by atoms with Gasteiger partial charge in [-0.3, -0.25) is 4.79 Å². The van der Waals surface area contributed by atoms with E-state index < -0.39 is 6.10 Å². The molecular formula is C13H26O2. The lowest BCUT2D eigenvalue weighted by Gasteiger charge is -2.23. The lowest BCUT2D eigenvalue weighted by atomic mass is 9.84. The van der Waals surface area contributed by atoms with Crippen LogP contribution in [0, 0.1) is 17.8 Å². The molecule has 0 aromatic carbocycles. The van der Waals surface area contributed by atoms with Crippen molar-refractivity contribution in [1.82, 2.24) is 0 Å². The Morgan fingerprint density at radius 2 is 1.60 bits per heavy atom. The highest BCUT2D eigenvalue weighted by Crippen LogP contribution is 2.20. The first-order valence-electron chi connectivity index (χ1n) is 6.15. The zero-order valence-corrected chi connectivity index (χ0v) is 10.8. The molecule has 2 atom stereocenters. The van der Waals surface area contributed by atoms with E-state index in [4.69, 9.17) is 0 Å². The second-order valence-electron chi connectivity index (χ2n) is 4.90. The van der Waals surface area contributed by atoms with E-state index in [1.165, 1.54) is 0 Å². The standard InChI is InChI=1S/C13H26O2/c1-6-11(7-2)13(15)10(5)12(14)8-9(3)4/h9-12,14H,6-8H2,1-5H3. The summed E-state index contributed by atoms with van der Waals surface area (Å²) in [5.74, 6) is 0.587. The lowest BCUT2D eigenvalue weighted by molar-refractivity contribution is -0.130. The molecule has 0 rings (SSSR count). The first-order chi connectivity index (χ1) is 6.93. The predicted molar refractivity (Wildman–Crippen MR) is 63.7 cm³/mol. The number of aliphatic hydroxyl groups excluding tert-OH is 1. The van der Waals surface area contributed by atoms with Crippen molar-refractivity contribution in [2.45, 2.75) is 60.0 Å². The fourth-order valence-electron chi connectivity index (χ4n) is 1.94. The summed E-state index contributed by atoms with van der Waals surface area (Å²) in [6, 6.07) is 0. The van der Waals surface area contributed by atoms with Crippen LogP contribution in [0.5, 0.6) is 0 Å². The molecule has 0 heterocycles. The van der Waals surface area contributed by atoms with Gasteiger partial charge in [-0.2, -0.15) is 0 Å². The van der Waals surface area contributed by atoms with Crippen molar-refractivity contribution in [3.8, 4) is 0 Å². The largest absolute Gasteiger partial charge is 0.392 e. The van der Waals surface area contributed by atoms with Crippen LogP contribution in [0.4, 0.5) is 0 Å². The highest BCUT2D eigenvalue weighted by atomic mass is 16.3. The van der Waals surface area contributed by atoms with Crippen LogP contribution in [0.3, 0.4) is 0 Å². The van der Waals surface area contributed by atoms with Crippen LogP contribution in [0.25, 0.3) is 0 Å². The number of hydrogen-bond donors (Lipinski definition) is 1. The fourth-order valence-corrected chi connectivity index (χ4v) is 1.94. The van der Waals surface area contributed by atoms with Crippen molar-refractivity contribution in [3.05, 3.63) is 0 Å². The number of Topliss-reactive ketones (excluding diaryl/α,β-unsaturated/α-hetero) is 1. The molecule has 90 valence electrons. The Labute approximate surface area is 94.1 Å². The SMILES string of the molecule is CCC(CC)C(=O)C(C)C(O)CC(C)C. The van der Waals surface area contributed by atoms with Gasteiger partial charge in [-0.05, 0) is 25.2 Å². The molecule has 2 nitrogen and oxygen atoms in total. The van der Waals surface area contributed by atoms with Gasteiger partial charge in [0.25, 0.3) is 0 Å². The summed E-state index contributed by atoms with van der Waals surface area (Å²) in [5, 5.41) is 9.88. The quantitative estimate of drug-likeness (QED) is 0.707. The molecule has 0 aromatic heterocycles. The molecule has 0 saturated carbocycles. The molecule has 0 saturated heterocycles. The van der Waals surface area contributed by atoms with Gasteiger partial charge in [-0.15, -0.1) is 0 Å². The molecule has 15 heavy (non-hydrogen) atoms. The van der Waals surface area contributed by atoms with Crippen LogP contribution < -0.4 is 0 Å². The van der Waals surface area contributed by atoms with Crippen LogP contribution in [0.15, 0.2) is 0 Å². The molecule has 0 aliphatic rings. The smallest absolute Gasteiger partial charge is 0.141 e. The van der Waals surface area contributed by atoms with Gasteiger partial charge >= 0.3 is 0 Å². The third-order valence-electron chi connectivity index (χ3n) is 3.13. The summed E-state index contributed by atoms with van der Waals surface area (Å²) < 4.78 is 0. The van der Waals surface area contributed by atoms with E-state index in [1.54, 1.807) is 0 Å². The lowest BCUT2D eigenvalue weighted by Crippen LogP contribution is -2.31. The van der Waals surface area contributed by atoms with Crippen LogP contribution in [-0.4, -0.2) is 17.0 Å². The summed E-state index contributed by atoms with van der Waals surface area (Å²) in [4.78, 5) is 12.0. The molecule has 0 spiro atoms. The average molecular weight is 214 g/mol. The minimum atomic E-state index is -0.474. The van der Waals surface area contributed by atoms with Gasteiger partial charge in [-0.1, -0.05) is 34.6 Å². The average Bonchev–Trinajstić information content (AvgIpc) is 2.17. The summed E-state index contributed by atoms with van der Waals surface area (Å²) in [7, 11) is 0. The van der Waals surface area contributed by atoms with E-state index in [9.17, 15) is 9.90 Å². The molecule has 0 bridgehead atoms. The maximum absolute atomic E-state index is 12.0. The van der Waals surface area contributed by atoms with Crippen molar-refractivity contribution in [3.63, 3.8) is 0 Å². The molecule has 0 aromatic rings. The topological polar surface area (TPSA) is 37.3 Å². The molecule has 0 aliphatic heterocycles. The van der Waals surface area contributed by atoms with Crippen molar-refractivity contribution in [2.24, 2.45) is 17.8 Å². The first kappa shape index (κ1) is 14.6. The molecule has 0 aliphatic carbocycles. The van der Waals surface area contributed by atoms with Gasteiger partial charge in [0.1, 0.15) is 5.78 Å². The van der Waals surface area contributed by atoms with Gasteiger partial charge in [0.2, 0.25) is 0 Å². The van der Waals surface area contributed by atoms with E-state index in [2.05, 4.69) is 13.8 Å². The summed E-state index contributed by atoms with van der Waals surface area (Å²) >= 11 is 0. The highest BCUT2D eigenvalue weighted by molar-refractivity contribution is 5.83. The van der Waals surface area contributed by atoms with Gasteiger partial charge in [0.15, 0.2) is 0 Å². The molecule has 0 amide bonds. The Bertz CT molecular complexity index is 183. The minimum absolute atomic E-state index is 0.127. The minimum Gasteiger partial charge on any atom is -0.392 e. The fraction of sp³-hybridized carbons (Fsp3) is 0.923. The number of aliphatic hydroxyl groups is 1. The van der Waals surface area contributed by atoms with E-state index in [1.807, 2.05) is 20.8 Å². The number of carbonyl (C=O) groups is 1. The number of hydrogen-bond acceptors (Lipinski definition) is 2. The van der Waals surface area contributed by atoms with Gasteiger partial charge in [0, 0.05) is 11.8 Å². The van der Waals surface area contributed by atoms with Gasteiger partial charge in [-0.25, -0.2) is 0 Å². The monoisotopic (exact) mass is 214 g/mol. The number of rotatable bonds is 7. The number of ketones is 1. The van der Waals surface area contributed by atoms with E-state index in [0.717, 1.165) is 12.8 Å². The maximum atomic E-state index is 12.0. The van der Waals surface area contributed by atoms with Crippen LogP contribution in [0.1, 0.15) is 53.9 Å². The van der Waals surface area contributed by atoms with Crippen molar-refractivity contribution >= 4 is 5.78 Å². The van der Waals surface area contributed by atoms with Crippen molar-refractivity contribution in [2.75, 3.05) is 0 Å². The molecule has 0 fully saturated rings.